The van der Waals surface area contributed by atoms with E-state index in [0.29, 0.717) is 5.82 Å². The van der Waals surface area contributed by atoms with Gasteiger partial charge in [0.05, 0.1) is 11.7 Å². The molecule has 2 heterocycles. The minimum Gasteiger partial charge on any atom is -0.404 e. The van der Waals surface area contributed by atoms with Gasteiger partial charge >= 0.3 is 6.36 Å². The number of carbonyl (C=O) groups is 1. The van der Waals surface area contributed by atoms with Crippen molar-refractivity contribution < 1.29 is 22.7 Å². The van der Waals surface area contributed by atoms with Crippen LogP contribution in [0.25, 0.3) is 0 Å². The molecule has 0 fully saturated rings. The Morgan fingerprint density at radius 3 is 2.50 bits per heavy atom. The molecule has 0 aromatic carbocycles. The molecule has 0 radical (unpaired) electrons. The van der Waals surface area contributed by atoms with Gasteiger partial charge in [0, 0.05) is 0 Å². The Bertz CT molecular complexity index is 638. The first-order chi connectivity index (χ1) is 10.2. The monoisotopic (exact) mass is 315 g/mol. The minimum absolute atomic E-state index is 0.0536. The standard InChI is InChI=1S/C12H12F3N5O2/c1-11(2,10-17-6-18-20-10)19-9(21)8-4-3-7(5-16-8)22-12(13,14)15/h3-6H,1-2H3,(H,19,21)(H,17,18,20). The molecule has 0 bridgehead atoms. The van der Waals surface area contributed by atoms with E-state index in [-0.39, 0.29) is 5.69 Å². The maximum absolute atomic E-state index is 12.1. The van der Waals surface area contributed by atoms with E-state index in [0.717, 1.165) is 18.3 Å². The lowest BCUT2D eigenvalue weighted by molar-refractivity contribution is -0.274. The van der Waals surface area contributed by atoms with Crippen LogP contribution in [0.4, 0.5) is 13.2 Å². The van der Waals surface area contributed by atoms with Gasteiger partial charge < -0.3 is 10.1 Å². The van der Waals surface area contributed by atoms with Gasteiger partial charge in [-0.3, -0.25) is 9.89 Å². The Balaban J connectivity index is 2.07. The number of nitrogens with one attached hydrogen (secondary N) is 2. The van der Waals surface area contributed by atoms with Gasteiger partial charge in [-0.05, 0) is 26.0 Å². The molecule has 22 heavy (non-hydrogen) atoms. The van der Waals surface area contributed by atoms with E-state index < -0.39 is 23.6 Å². The molecule has 10 heteroatoms. The van der Waals surface area contributed by atoms with Crippen LogP contribution in [0.1, 0.15) is 30.2 Å². The molecular weight excluding hydrogens is 303 g/mol. The fraction of sp³-hybridized carbons (Fsp3) is 0.333. The first-order valence-corrected chi connectivity index (χ1v) is 6.07. The van der Waals surface area contributed by atoms with Crippen molar-refractivity contribution in [1.82, 2.24) is 25.5 Å². The van der Waals surface area contributed by atoms with E-state index in [2.05, 4.69) is 30.2 Å². The zero-order valence-electron chi connectivity index (χ0n) is 11.6. The summed E-state index contributed by atoms with van der Waals surface area (Å²) in [7, 11) is 0. The number of nitrogens with zero attached hydrogens (tertiary/aromatic N) is 3. The van der Waals surface area contributed by atoms with Crippen LogP contribution in [0.15, 0.2) is 24.7 Å². The van der Waals surface area contributed by atoms with Gasteiger partial charge in [-0.15, -0.1) is 13.2 Å². The van der Waals surface area contributed by atoms with Crippen molar-refractivity contribution in [3.63, 3.8) is 0 Å². The minimum atomic E-state index is -4.81. The van der Waals surface area contributed by atoms with Crippen LogP contribution in [0, 0.1) is 0 Å². The third-order valence-corrected chi connectivity index (χ3v) is 2.64. The molecule has 0 unspecified atom stereocenters. The second kappa shape index (κ2) is 5.62. The zero-order chi connectivity index (χ0) is 16.4. The van der Waals surface area contributed by atoms with Gasteiger partial charge in [-0.1, -0.05) is 0 Å². The number of rotatable bonds is 4. The van der Waals surface area contributed by atoms with E-state index in [9.17, 15) is 18.0 Å². The summed E-state index contributed by atoms with van der Waals surface area (Å²) in [5.41, 5.74) is -0.904. The number of aromatic amines is 1. The van der Waals surface area contributed by atoms with E-state index in [1.54, 1.807) is 13.8 Å². The molecule has 0 aliphatic rings. The molecule has 2 aromatic heterocycles. The van der Waals surface area contributed by atoms with Gasteiger partial charge in [-0.2, -0.15) is 5.10 Å². The van der Waals surface area contributed by atoms with Gasteiger partial charge in [0.1, 0.15) is 23.6 Å². The Morgan fingerprint density at radius 2 is 2.00 bits per heavy atom. The number of H-pyrrole nitrogens is 1. The normalized spacial score (nSPS) is 12.0. The first kappa shape index (κ1) is 15.7. The lowest BCUT2D eigenvalue weighted by Crippen LogP contribution is -2.42. The summed E-state index contributed by atoms with van der Waals surface area (Å²) in [4.78, 5) is 19.6. The quantitative estimate of drug-likeness (QED) is 0.897. The summed E-state index contributed by atoms with van der Waals surface area (Å²) in [6.07, 6.45) is -2.69. The third kappa shape index (κ3) is 3.93. The average molecular weight is 315 g/mol. The molecule has 2 rings (SSSR count). The summed E-state index contributed by atoms with van der Waals surface area (Å²) in [5.74, 6) is -0.642. The fourth-order valence-corrected chi connectivity index (χ4v) is 1.62. The number of carbonyl (C=O) groups excluding carboxylic acids is 1. The van der Waals surface area contributed by atoms with Crippen molar-refractivity contribution in [3.05, 3.63) is 36.2 Å². The summed E-state index contributed by atoms with van der Waals surface area (Å²) >= 11 is 0. The molecule has 118 valence electrons. The predicted molar refractivity (Wildman–Crippen MR) is 67.8 cm³/mol. The second-order valence-corrected chi connectivity index (χ2v) is 4.84. The smallest absolute Gasteiger partial charge is 0.404 e. The van der Waals surface area contributed by atoms with Crippen molar-refractivity contribution in [2.24, 2.45) is 0 Å². The van der Waals surface area contributed by atoms with E-state index in [4.69, 9.17) is 0 Å². The van der Waals surface area contributed by atoms with Crippen molar-refractivity contribution >= 4 is 5.91 Å². The SMILES string of the molecule is CC(C)(NC(=O)c1ccc(OC(F)(F)F)cn1)c1ncn[nH]1. The van der Waals surface area contributed by atoms with Gasteiger partial charge in [0.15, 0.2) is 0 Å². The summed E-state index contributed by atoms with van der Waals surface area (Å²) in [5, 5.41) is 8.96. The van der Waals surface area contributed by atoms with Gasteiger partial charge in [0.25, 0.3) is 5.91 Å². The van der Waals surface area contributed by atoms with Crippen LogP contribution in [0.3, 0.4) is 0 Å². The Hall–Kier alpha value is -2.65. The number of halogens is 3. The number of aromatic nitrogens is 4. The second-order valence-electron chi connectivity index (χ2n) is 4.84. The zero-order valence-corrected chi connectivity index (χ0v) is 11.6. The highest BCUT2D eigenvalue weighted by Crippen LogP contribution is 2.22. The molecule has 0 spiro atoms. The third-order valence-electron chi connectivity index (χ3n) is 2.64. The van der Waals surface area contributed by atoms with Crippen LogP contribution >= 0.6 is 0 Å². The Kier molecular flexibility index (Phi) is 4.02. The van der Waals surface area contributed by atoms with E-state index in [1.165, 1.54) is 6.33 Å². The molecule has 0 aliphatic carbocycles. The molecule has 1 amide bonds. The Labute approximate surface area is 122 Å². The molecule has 7 nitrogen and oxygen atoms in total. The highest BCUT2D eigenvalue weighted by atomic mass is 19.4. The van der Waals surface area contributed by atoms with Crippen LogP contribution in [0.5, 0.6) is 5.75 Å². The molecule has 0 saturated carbocycles. The van der Waals surface area contributed by atoms with Crippen LogP contribution < -0.4 is 10.1 Å². The predicted octanol–water partition coefficient (Wildman–Crippen LogP) is 1.76. The molecule has 2 N–H and O–H groups in total. The first-order valence-electron chi connectivity index (χ1n) is 6.07. The summed E-state index contributed by atoms with van der Waals surface area (Å²) in [6.45, 7) is 3.37. The highest BCUT2D eigenvalue weighted by molar-refractivity contribution is 5.92. The fourth-order valence-electron chi connectivity index (χ4n) is 1.62. The van der Waals surface area contributed by atoms with Crippen LogP contribution in [-0.2, 0) is 5.54 Å². The number of hydrogen-bond donors (Lipinski definition) is 2. The molecule has 0 saturated heterocycles. The number of amides is 1. The highest BCUT2D eigenvalue weighted by Gasteiger charge is 2.31. The van der Waals surface area contributed by atoms with E-state index in [1.807, 2.05) is 0 Å². The largest absolute Gasteiger partial charge is 0.573 e. The topological polar surface area (TPSA) is 92.8 Å². The number of pyridine rings is 1. The maximum atomic E-state index is 12.1. The molecular formula is C12H12F3N5O2. The van der Waals surface area contributed by atoms with E-state index >= 15 is 0 Å². The number of alkyl halides is 3. The average Bonchev–Trinajstić information content (AvgIpc) is 2.91. The number of ether oxygens (including phenoxy) is 1. The maximum Gasteiger partial charge on any atom is 0.573 e. The van der Waals surface area contributed by atoms with Crippen molar-refractivity contribution in [1.29, 1.82) is 0 Å². The van der Waals surface area contributed by atoms with Crippen LogP contribution in [0.2, 0.25) is 0 Å². The van der Waals surface area contributed by atoms with Gasteiger partial charge in [0.2, 0.25) is 0 Å². The molecule has 0 aliphatic heterocycles. The van der Waals surface area contributed by atoms with Crippen molar-refractivity contribution in [2.45, 2.75) is 25.7 Å². The van der Waals surface area contributed by atoms with Crippen LogP contribution in [-0.4, -0.2) is 32.4 Å². The molecule has 2 aromatic rings. The summed E-state index contributed by atoms with van der Waals surface area (Å²) in [6, 6.07) is 2.14. The Morgan fingerprint density at radius 1 is 1.27 bits per heavy atom. The van der Waals surface area contributed by atoms with Crippen molar-refractivity contribution in [2.75, 3.05) is 0 Å². The summed E-state index contributed by atoms with van der Waals surface area (Å²) < 4.78 is 39.8. The number of hydrogen-bond acceptors (Lipinski definition) is 5. The lowest BCUT2D eigenvalue weighted by atomic mass is 10.0. The lowest BCUT2D eigenvalue weighted by Gasteiger charge is -2.23. The van der Waals surface area contributed by atoms with Crippen molar-refractivity contribution in [3.8, 4) is 5.75 Å². The van der Waals surface area contributed by atoms with Gasteiger partial charge in [-0.25, -0.2) is 9.97 Å². The molecule has 0 atom stereocenters.